The molecule has 1 aliphatic heterocycles. The number of amides is 1. The van der Waals surface area contributed by atoms with Gasteiger partial charge in [-0.1, -0.05) is 41.9 Å². The molecule has 9 nitrogen and oxygen atoms in total. The van der Waals surface area contributed by atoms with Crippen LogP contribution in [0, 0.1) is 0 Å². The lowest BCUT2D eigenvalue weighted by molar-refractivity contribution is -0.131. The van der Waals surface area contributed by atoms with E-state index in [-0.39, 0.29) is 29.5 Å². The standard InChI is InChI=1S/C24H22ClN5O4/c25-22-19(16-26-30(23(22)32)17-6-2-1-3-7-17)27-12-14-28(15-13-27)21(31)10-11-29-18-8-4-5-9-20(18)34-24(29)33/h1-9,16H,10-15H2. The molecular weight excluding hydrogens is 458 g/mol. The van der Waals surface area contributed by atoms with Crippen LogP contribution in [0.3, 0.4) is 0 Å². The van der Waals surface area contributed by atoms with Crippen molar-refractivity contribution >= 4 is 34.3 Å². The highest BCUT2D eigenvalue weighted by atomic mass is 35.5. The maximum absolute atomic E-state index is 12.8. The number of carbonyl (C=O) groups excluding carboxylic acids is 1. The number of fused-ring (bicyclic) bond motifs is 1. The molecule has 2 aromatic carbocycles. The Hall–Kier alpha value is -3.85. The highest BCUT2D eigenvalue weighted by Gasteiger charge is 2.24. The summed E-state index contributed by atoms with van der Waals surface area (Å²) in [5.41, 5.74) is 2.00. The van der Waals surface area contributed by atoms with E-state index in [1.54, 1.807) is 41.4 Å². The second kappa shape index (κ2) is 9.18. The molecule has 0 aliphatic carbocycles. The number of anilines is 1. The van der Waals surface area contributed by atoms with Crippen molar-refractivity contribution in [2.75, 3.05) is 31.1 Å². The second-order valence-electron chi connectivity index (χ2n) is 8.00. The van der Waals surface area contributed by atoms with Crippen LogP contribution >= 0.6 is 11.6 Å². The quantitative estimate of drug-likeness (QED) is 0.436. The Balaban J connectivity index is 1.23. The van der Waals surface area contributed by atoms with Crippen molar-refractivity contribution in [3.05, 3.63) is 86.7 Å². The van der Waals surface area contributed by atoms with Gasteiger partial charge in [-0.3, -0.25) is 14.2 Å². The summed E-state index contributed by atoms with van der Waals surface area (Å²) in [4.78, 5) is 41.4. The molecule has 5 rings (SSSR count). The van der Waals surface area contributed by atoms with Crippen molar-refractivity contribution in [1.82, 2.24) is 19.2 Å². The van der Waals surface area contributed by atoms with E-state index in [4.69, 9.17) is 16.0 Å². The molecule has 4 aromatic rings. The van der Waals surface area contributed by atoms with E-state index in [0.29, 0.717) is 48.7 Å². The minimum atomic E-state index is -0.466. The number of benzene rings is 2. The summed E-state index contributed by atoms with van der Waals surface area (Å²) in [6, 6.07) is 16.2. The maximum Gasteiger partial charge on any atom is 0.419 e. The number of aryl methyl sites for hydroxylation is 1. The Bertz CT molecular complexity index is 1450. The summed E-state index contributed by atoms with van der Waals surface area (Å²) in [5.74, 6) is -0.508. The van der Waals surface area contributed by atoms with Gasteiger partial charge in [0.1, 0.15) is 5.02 Å². The molecule has 1 saturated heterocycles. The number of hydrogen-bond acceptors (Lipinski definition) is 6. The summed E-state index contributed by atoms with van der Waals surface area (Å²) < 4.78 is 7.98. The zero-order valence-corrected chi connectivity index (χ0v) is 19.0. The molecule has 0 spiro atoms. The molecular formula is C24H22ClN5O4. The van der Waals surface area contributed by atoms with Crippen molar-refractivity contribution in [2.45, 2.75) is 13.0 Å². The summed E-state index contributed by atoms with van der Waals surface area (Å²) in [7, 11) is 0. The Morgan fingerprint density at radius 2 is 1.68 bits per heavy atom. The van der Waals surface area contributed by atoms with Gasteiger partial charge in [-0.25, -0.2) is 4.79 Å². The smallest absolute Gasteiger partial charge is 0.408 e. The van der Waals surface area contributed by atoms with Crippen LogP contribution in [0.15, 0.2) is 74.8 Å². The summed E-state index contributed by atoms with van der Waals surface area (Å²) in [6.45, 7) is 2.27. The lowest BCUT2D eigenvalue weighted by atomic mass is 10.2. The van der Waals surface area contributed by atoms with Crippen molar-refractivity contribution in [2.24, 2.45) is 0 Å². The maximum atomic E-state index is 12.8. The number of carbonyl (C=O) groups is 1. The number of piperazine rings is 1. The van der Waals surface area contributed by atoms with Crippen LogP contribution in [0.25, 0.3) is 16.8 Å². The zero-order chi connectivity index (χ0) is 23.7. The number of halogens is 1. The van der Waals surface area contributed by atoms with Gasteiger partial charge in [0, 0.05) is 39.1 Å². The Morgan fingerprint density at radius 3 is 2.44 bits per heavy atom. The average Bonchev–Trinajstić information content (AvgIpc) is 3.19. The Morgan fingerprint density at radius 1 is 0.971 bits per heavy atom. The summed E-state index contributed by atoms with van der Waals surface area (Å²) in [5, 5.41) is 4.39. The predicted molar refractivity (Wildman–Crippen MR) is 129 cm³/mol. The first kappa shape index (κ1) is 22.0. The number of rotatable bonds is 5. The van der Waals surface area contributed by atoms with Crippen LogP contribution in [0.4, 0.5) is 5.69 Å². The van der Waals surface area contributed by atoms with Crippen molar-refractivity contribution in [1.29, 1.82) is 0 Å². The number of para-hydroxylation sites is 3. The minimum Gasteiger partial charge on any atom is -0.408 e. The van der Waals surface area contributed by atoms with Crippen molar-refractivity contribution < 1.29 is 9.21 Å². The van der Waals surface area contributed by atoms with Crippen LogP contribution in [0.1, 0.15) is 6.42 Å². The van der Waals surface area contributed by atoms with E-state index < -0.39 is 5.76 Å². The molecule has 0 N–H and O–H groups in total. The van der Waals surface area contributed by atoms with Gasteiger partial charge in [0.2, 0.25) is 5.91 Å². The molecule has 1 amide bonds. The third-order valence-corrected chi connectivity index (χ3v) is 6.35. The highest BCUT2D eigenvalue weighted by molar-refractivity contribution is 6.33. The fraction of sp³-hybridized carbons (Fsp3) is 0.250. The molecule has 0 radical (unpaired) electrons. The molecule has 0 unspecified atom stereocenters. The Kier molecular flexibility index (Phi) is 5.93. The average molecular weight is 480 g/mol. The first-order valence-corrected chi connectivity index (χ1v) is 11.3. The number of oxazole rings is 1. The lowest BCUT2D eigenvalue weighted by Gasteiger charge is -2.36. The summed E-state index contributed by atoms with van der Waals surface area (Å²) >= 11 is 6.41. The molecule has 0 saturated carbocycles. The molecule has 1 fully saturated rings. The van der Waals surface area contributed by atoms with Gasteiger partial charge in [-0.15, -0.1) is 0 Å². The third-order valence-electron chi connectivity index (χ3n) is 6.00. The highest BCUT2D eigenvalue weighted by Crippen LogP contribution is 2.23. The molecule has 3 heterocycles. The van der Waals surface area contributed by atoms with E-state index in [2.05, 4.69) is 5.10 Å². The van der Waals surface area contributed by atoms with Crippen LogP contribution in [0.5, 0.6) is 0 Å². The molecule has 2 aromatic heterocycles. The fourth-order valence-corrected chi connectivity index (χ4v) is 4.43. The first-order valence-electron chi connectivity index (χ1n) is 11.0. The van der Waals surface area contributed by atoms with Gasteiger partial charge in [0.25, 0.3) is 5.56 Å². The van der Waals surface area contributed by atoms with Gasteiger partial charge < -0.3 is 14.2 Å². The van der Waals surface area contributed by atoms with E-state index in [9.17, 15) is 14.4 Å². The normalized spacial score (nSPS) is 14.0. The predicted octanol–water partition coefficient (Wildman–Crippen LogP) is 2.53. The molecule has 1 aliphatic rings. The molecule has 34 heavy (non-hydrogen) atoms. The van der Waals surface area contributed by atoms with Crippen LogP contribution in [-0.4, -0.2) is 51.3 Å². The molecule has 10 heteroatoms. The van der Waals surface area contributed by atoms with Crippen molar-refractivity contribution in [3.63, 3.8) is 0 Å². The number of hydrogen-bond donors (Lipinski definition) is 0. The van der Waals surface area contributed by atoms with Crippen LogP contribution < -0.4 is 16.2 Å². The number of aromatic nitrogens is 3. The Labute approximate surface area is 199 Å². The van der Waals surface area contributed by atoms with Gasteiger partial charge in [-0.05, 0) is 24.3 Å². The van der Waals surface area contributed by atoms with Gasteiger partial charge in [0.15, 0.2) is 5.58 Å². The van der Waals surface area contributed by atoms with Gasteiger partial charge >= 0.3 is 5.76 Å². The van der Waals surface area contributed by atoms with E-state index in [1.807, 2.05) is 29.2 Å². The third kappa shape index (κ3) is 4.10. The minimum absolute atomic E-state index is 0.0412. The number of nitrogens with zero attached hydrogens (tertiary/aromatic N) is 5. The second-order valence-corrected chi connectivity index (χ2v) is 8.38. The monoisotopic (exact) mass is 479 g/mol. The van der Waals surface area contributed by atoms with E-state index in [1.165, 1.54) is 9.25 Å². The summed E-state index contributed by atoms with van der Waals surface area (Å²) in [6.07, 6.45) is 1.78. The fourth-order valence-electron chi connectivity index (χ4n) is 4.19. The first-order chi connectivity index (χ1) is 16.5. The van der Waals surface area contributed by atoms with Crippen molar-refractivity contribution in [3.8, 4) is 5.69 Å². The largest absolute Gasteiger partial charge is 0.419 e. The van der Waals surface area contributed by atoms with Crippen LogP contribution in [-0.2, 0) is 11.3 Å². The molecule has 0 atom stereocenters. The molecule has 0 bridgehead atoms. The van der Waals surface area contributed by atoms with E-state index in [0.717, 1.165) is 0 Å². The van der Waals surface area contributed by atoms with E-state index >= 15 is 0 Å². The van der Waals surface area contributed by atoms with Gasteiger partial charge in [-0.2, -0.15) is 9.78 Å². The van der Waals surface area contributed by atoms with Gasteiger partial charge in [0.05, 0.1) is 23.1 Å². The lowest BCUT2D eigenvalue weighted by Crippen LogP contribution is -2.49. The van der Waals surface area contributed by atoms with Crippen LogP contribution in [0.2, 0.25) is 5.02 Å². The SMILES string of the molecule is O=C(CCn1c(=O)oc2ccccc21)N1CCN(c2cnn(-c3ccccc3)c(=O)c2Cl)CC1. The topological polar surface area (TPSA) is 93.6 Å². The zero-order valence-electron chi connectivity index (χ0n) is 18.3. The molecule has 174 valence electrons.